The number of benzene rings is 1. The molecule has 1 aromatic heterocycles. The lowest BCUT2D eigenvalue weighted by atomic mass is 9.94. The van der Waals surface area contributed by atoms with Crippen LogP contribution in [0.2, 0.25) is 0 Å². The lowest BCUT2D eigenvalue weighted by Crippen LogP contribution is -2.42. The molecule has 28 heavy (non-hydrogen) atoms. The first-order valence-electron chi connectivity index (χ1n) is 10.1. The molecule has 1 aliphatic carbocycles. The predicted octanol–water partition coefficient (Wildman–Crippen LogP) is 4.97. The number of amides is 1. The molecular formula is C23H26N2O3. The smallest absolute Gasteiger partial charge is 0.231 e. The van der Waals surface area contributed by atoms with Crippen molar-refractivity contribution in [3.63, 3.8) is 0 Å². The van der Waals surface area contributed by atoms with Crippen molar-refractivity contribution in [3.8, 4) is 11.5 Å². The largest absolute Gasteiger partial charge is 0.454 e. The van der Waals surface area contributed by atoms with Crippen LogP contribution in [0, 0.1) is 0 Å². The molecule has 2 aromatic rings. The Balaban J connectivity index is 1.38. The summed E-state index contributed by atoms with van der Waals surface area (Å²) in [6.07, 6.45) is 12.8. The average Bonchev–Trinajstić information content (AvgIpc) is 3.21. The summed E-state index contributed by atoms with van der Waals surface area (Å²) in [6.45, 7) is 0.279. The minimum absolute atomic E-state index is 0.154. The van der Waals surface area contributed by atoms with Crippen molar-refractivity contribution in [3.05, 3.63) is 54.2 Å². The van der Waals surface area contributed by atoms with Crippen LogP contribution >= 0.6 is 0 Å². The molecule has 0 saturated heterocycles. The fourth-order valence-electron chi connectivity index (χ4n) is 3.92. The molecule has 1 amide bonds. The van der Waals surface area contributed by atoms with Crippen LogP contribution in [0.5, 0.6) is 11.5 Å². The van der Waals surface area contributed by atoms with Crippen molar-refractivity contribution in [1.29, 1.82) is 0 Å². The number of allylic oxidation sites excluding steroid dienone is 1. The highest BCUT2D eigenvalue weighted by atomic mass is 16.7. The van der Waals surface area contributed by atoms with E-state index < -0.39 is 0 Å². The highest BCUT2D eigenvalue weighted by Gasteiger charge is 2.27. The van der Waals surface area contributed by atoms with Crippen molar-refractivity contribution >= 4 is 17.8 Å². The van der Waals surface area contributed by atoms with Gasteiger partial charge in [0.25, 0.3) is 0 Å². The molecule has 0 spiro atoms. The van der Waals surface area contributed by atoms with Crippen LogP contribution in [0.25, 0.3) is 6.08 Å². The number of aromatic nitrogens is 1. The quantitative estimate of drug-likeness (QED) is 0.712. The number of fused-ring (bicyclic) bond motifs is 1. The average molecular weight is 378 g/mol. The van der Waals surface area contributed by atoms with E-state index >= 15 is 0 Å². The Hall–Kier alpha value is -2.82. The highest BCUT2D eigenvalue weighted by Crippen LogP contribution is 2.33. The molecule has 1 fully saturated rings. The molecule has 0 N–H and O–H groups in total. The van der Waals surface area contributed by atoms with Crippen LogP contribution in [-0.4, -0.2) is 23.7 Å². The summed E-state index contributed by atoms with van der Waals surface area (Å²) >= 11 is 0. The second kappa shape index (κ2) is 8.91. The van der Waals surface area contributed by atoms with Crippen LogP contribution in [0.3, 0.4) is 0 Å². The maximum Gasteiger partial charge on any atom is 0.231 e. The van der Waals surface area contributed by atoms with Crippen molar-refractivity contribution in [2.75, 3.05) is 11.7 Å². The van der Waals surface area contributed by atoms with E-state index in [9.17, 15) is 4.79 Å². The SMILES string of the molecule is O=C(CC/C=C/c1ccc2c(c1)OCO2)N(c1ccccn1)C1CCCCC1. The second-order valence-electron chi connectivity index (χ2n) is 7.30. The van der Waals surface area contributed by atoms with Gasteiger partial charge in [-0.15, -0.1) is 0 Å². The molecule has 1 saturated carbocycles. The maximum atomic E-state index is 13.0. The normalized spacial score (nSPS) is 16.4. The van der Waals surface area contributed by atoms with E-state index in [1.54, 1.807) is 6.20 Å². The van der Waals surface area contributed by atoms with Crippen LogP contribution in [0.4, 0.5) is 5.82 Å². The number of hydrogen-bond donors (Lipinski definition) is 0. The van der Waals surface area contributed by atoms with Crippen molar-refractivity contribution in [1.82, 2.24) is 4.98 Å². The first kappa shape index (κ1) is 18.5. The molecule has 2 aliphatic rings. The summed E-state index contributed by atoms with van der Waals surface area (Å²) in [4.78, 5) is 19.4. The first-order chi connectivity index (χ1) is 13.8. The number of carbonyl (C=O) groups is 1. The fourth-order valence-corrected chi connectivity index (χ4v) is 3.92. The molecular weight excluding hydrogens is 352 g/mol. The van der Waals surface area contributed by atoms with Gasteiger partial charge in [0.15, 0.2) is 11.5 Å². The molecule has 0 unspecified atom stereocenters. The molecule has 4 rings (SSSR count). The molecule has 1 aliphatic heterocycles. The standard InChI is InChI=1S/C23H26N2O3/c26-23(12-5-4-8-18-13-14-20-21(16-18)28-17-27-20)25(19-9-2-1-3-10-19)22-11-6-7-15-24-22/h4,6-8,11,13-16,19H,1-3,5,9-10,12,17H2/b8-4+. The van der Waals surface area contributed by atoms with Gasteiger partial charge in [-0.05, 0) is 49.1 Å². The van der Waals surface area contributed by atoms with Crippen molar-refractivity contribution in [2.24, 2.45) is 0 Å². The number of carbonyl (C=O) groups excluding carboxylic acids is 1. The van der Waals surface area contributed by atoms with Gasteiger partial charge < -0.3 is 9.47 Å². The van der Waals surface area contributed by atoms with Crippen molar-refractivity contribution < 1.29 is 14.3 Å². The van der Waals surface area contributed by atoms with Gasteiger partial charge in [-0.3, -0.25) is 9.69 Å². The highest BCUT2D eigenvalue weighted by molar-refractivity contribution is 5.93. The number of ether oxygens (including phenoxy) is 2. The Labute approximate surface area is 166 Å². The van der Waals surface area contributed by atoms with Crippen LogP contribution < -0.4 is 14.4 Å². The van der Waals surface area contributed by atoms with E-state index in [2.05, 4.69) is 4.98 Å². The van der Waals surface area contributed by atoms with Gasteiger partial charge in [0.2, 0.25) is 12.7 Å². The van der Waals surface area contributed by atoms with E-state index in [1.807, 2.05) is 53.5 Å². The van der Waals surface area contributed by atoms with Gasteiger partial charge >= 0.3 is 0 Å². The zero-order valence-electron chi connectivity index (χ0n) is 16.0. The lowest BCUT2D eigenvalue weighted by Gasteiger charge is -2.33. The molecule has 5 nitrogen and oxygen atoms in total. The van der Waals surface area contributed by atoms with E-state index in [0.717, 1.165) is 35.7 Å². The summed E-state index contributed by atoms with van der Waals surface area (Å²) in [5.74, 6) is 2.49. The fraction of sp³-hybridized carbons (Fsp3) is 0.391. The van der Waals surface area contributed by atoms with E-state index in [-0.39, 0.29) is 18.7 Å². The van der Waals surface area contributed by atoms with Crippen molar-refractivity contribution in [2.45, 2.75) is 51.0 Å². The van der Waals surface area contributed by atoms with Gasteiger partial charge in [-0.1, -0.05) is 43.5 Å². The number of rotatable bonds is 6. The summed E-state index contributed by atoms with van der Waals surface area (Å²) < 4.78 is 10.7. The predicted molar refractivity (Wildman–Crippen MR) is 109 cm³/mol. The van der Waals surface area contributed by atoms with Crippen LogP contribution in [0.1, 0.15) is 50.5 Å². The minimum Gasteiger partial charge on any atom is -0.454 e. The van der Waals surface area contributed by atoms with Gasteiger partial charge in [0, 0.05) is 18.7 Å². The first-order valence-corrected chi connectivity index (χ1v) is 10.1. The third-order valence-corrected chi connectivity index (χ3v) is 5.34. The van der Waals surface area contributed by atoms with Gasteiger partial charge in [-0.2, -0.15) is 0 Å². The van der Waals surface area contributed by atoms with E-state index in [4.69, 9.17) is 9.47 Å². The van der Waals surface area contributed by atoms with E-state index in [0.29, 0.717) is 12.8 Å². The maximum absolute atomic E-state index is 13.0. The molecule has 5 heteroatoms. The summed E-state index contributed by atoms with van der Waals surface area (Å²) in [5, 5.41) is 0. The number of anilines is 1. The van der Waals surface area contributed by atoms with Gasteiger partial charge in [-0.25, -0.2) is 4.98 Å². The van der Waals surface area contributed by atoms with Crippen LogP contribution in [-0.2, 0) is 4.79 Å². The zero-order chi connectivity index (χ0) is 19.2. The van der Waals surface area contributed by atoms with Gasteiger partial charge in [0.1, 0.15) is 5.82 Å². The third-order valence-electron chi connectivity index (χ3n) is 5.34. The Morgan fingerprint density at radius 1 is 1.11 bits per heavy atom. The van der Waals surface area contributed by atoms with Crippen LogP contribution in [0.15, 0.2) is 48.7 Å². The van der Waals surface area contributed by atoms with E-state index in [1.165, 1.54) is 19.3 Å². The summed E-state index contributed by atoms with van der Waals surface area (Å²) in [7, 11) is 0. The summed E-state index contributed by atoms with van der Waals surface area (Å²) in [5.41, 5.74) is 1.05. The second-order valence-corrected chi connectivity index (χ2v) is 7.30. The third kappa shape index (κ3) is 4.35. The zero-order valence-corrected chi connectivity index (χ0v) is 16.0. The Morgan fingerprint density at radius 3 is 2.79 bits per heavy atom. The summed E-state index contributed by atoms with van der Waals surface area (Å²) in [6, 6.07) is 11.9. The lowest BCUT2D eigenvalue weighted by molar-refractivity contribution is -0.119. The molecule has 146 valence electrons. The Bertz CT molecular complexity index is 829. The molecule has 1 aromatic carbocycles. The molecule has 0 bridgehead atoms. The monoisotopic (exact) mass is 378 g/mol. The molecule has 0 atom stereocenters. The number of nitrogens with zero attached hydrogens (tertiary/aromatic N) is 2. The topological polar surface area (TPSA) is 51.7 Å². The molecule has 2 heterocycles. The number of hydrogen-bond acceptors (Lipinski definition) is 4. The molecule has 0 radical (unpaired) electrons. The number of pyridine rings is 1. The van der Waals surface area contributed by atoms with Gasteiger partial charge in [0.05, 0.1) is 0 Å². The Kier molecular flexibility index (Phi) is 5.90. The minimum atomic E-state index is 0.154. The Morgan fingerprint density at radius 2 is 1.96 bits per heavy atom.